The van der Waals surface area contributed by atoms with Crippen LogP contribution in [0.4, 0.5) is 5.82 Å². The predicted molar refractivity (Wildman–Crippen MR) is 104 cm³/mol. The predicted octanol–water partition coefficient (Wildman–Crippen LogP) is 1.47. The summed E-state index contributed by atoms with van der Waals surface area (Å²) < 4.78 is 22.5. The molecule has 2 aromatic rings. The second kappa shape index (κ2) is 8.92. The van der Waals surface area contributed by atoms with Crippen molar-refractivity contribution in [2.75, 3.05) is 18.4 Å². The summed E-state index contributed by atoms with van der Waals surface area (Å²) in [5.41, 5.74) is 1.19. The molecule has 0 radical (unpaired) electrons. The summed E-state index contributed by atoms with van der Waals surface area (Å²) in [7, 11) is -3.70. The Labute approximate surface area is 159 Å². The number of nitrogens with two attached hydrogens (primary N) is 1. The van der Waals surface area contributed by atoms with Gasteiger partial charge in [-0.25, -0.2) is 23.5 Å². The van der Waals surface area contributed by atoms with Gasteiger partial charge in [0.1, 0.15) is 17.3 Å². The molecule has 146 valence electrons. The maximum atomic E-state index is 12.3. The Kier molecular flexibility index (Phi) is 6.86. The van der Waals surface area contributed by atoms with Crippen LogP contribution in [0.3, 0.4) is 0 Å². The molecule has 0 aliphatic heterocycles. The van der Waals surface area contributed by atoms with Crippen LogP contribution in [0.15, 0.2) is 35.2 Å². The lowest BCUT2D eigenvalue weighted by atomic mass is 10.1. The maximum Gasteiger partial charge on any atom is 0.270 e. The van der Waals surface area contributed by atoms with Crippen molar-refractivity contribution in [2.45, 2.75) is 32.1 Å². The van der Waals surface area contributed by atoms with Crippen LogP contribution >= 0.6 is 0 Å². The molecule has 2 rings (SSSR count). The number of carbonyl (C=O) groups is 1. The van der Waals surface area contributed by atoms with E-state index in [1.165, 1.54) is 12.1 Å². The zero-order valence-corrected chi connectivity index (χ0v) is 16.5. The van der Waals surface area contributed by atoms with Crippen molar-refractivity contribution in [3.8, 4) is 0 Å². The van der Waals surface area contributed by atoms with Gasteiger partial charge in [-0.2, -0.15) is 0 Å². The minimum absolute atomic E-state index is 0.0631. The van der Waals surface area contributed by atoms with Crippen LogP contribution in [0.1, 0.15) is 35.7 Å². The second-order valence-electron chi connectivity index (χ2n) is 6.66. The summed E-state index contributed by atoms with van der Waals surface area (Å²) >= 11 is 0. The molecule has 0 bridgehead atoms. The summed E-state index contributed by atoms with van der Waals surface area (Å²) in [5.74, 6) is 1.32. The Morgan fingerprint density at radius 3 is 2.44 bits per heavy atom. The Bertz CT molecular complexity index is 896. The third-order valence-corrected chi connectivity index (χ3v) is 4.64. The van der Waals surface area contributed by atoms with Crippen molar-refractivity contribution in [3.63, 3.8) is 0 Å². The smallest absolute Gasteiger partial charge is 0.270 e. The second-order valence-corrected chi connectivity index (χ2v) is 8.22. The molecule has 0 fully saturated rings. The molecule has 0 saturated carbocycles. The van der Waals surface area contributed by atoms with E-state index < -0.39 is 10.0 Å². The van der Waals surface area contributed by atoms with Crippen LogP contribution in [0, 0.1) is 12.8 Å². The van der Waals surface area contributed by atoms with Crippen LogP contribution in [-0.4, -0.2) is 37.4 Å². The van der Waals surface area contributed by atoms with E-state index in [9.17, 15) is 13.2 Å². The van der Waals surface area contributed by atoms with E-state index in [1.807, 2.05) is 0 Å². The lowest BCUT2D eigenvalue weighted by Crippen LogP contribution is -2.27. The number of aromatic nitrogens is 2. The standard InChI is InChI=1S/C18H25N5O3S/c1-12(2)11-21-17-10-16(22-13(3)23-17)18(24)20-9-8-14-4-6-15(7-5-14)27(19,25)26/h4-7,10,12H,8-9,11H2,1-3H3,(H,20,24)(H2,19,25,26)(H,21,22,23). The number of amides is 1. The van der Waals surface area contributed by atoms with Gasteiger partial charge < -0.3 is 10.6 Å². The van der Waals surface area contributed by atoms with Crippen LogP contribution in [0.25, 0.3) is 0 Å². The third kappa shape index (κ3) is 6.61. The first-order valence-corrected chi connectivity index (χ1v) is 10.2. The topological polar surface area (TPSA) is 127 Å². The molecule has 1 amide bonds. The number of aryl methyl sites for hydroxylation is 1. The fraction of sp³-hybridized carbons (Fsp3) is 0.389. The van der Waals surface area contributed by atoms with Crippen LogP contribution in [0.5, 0.6) is 0 Å². The van der Waals surface area contributed by atoms with Gasteiger partial charge >= 0.3 is 0 Å². The zero-order valence-electron chi connectivity index (χ0n) is 15.7. The monoisotopic (exact) mass is 391 g/mol. The quantitative estimate of drug-likeness (QED) is 0.625. The molecule has 1 aromatic carbocycles. The van der Waals surface area contributed by atoms with E-state index in [1.54, 1.807) is 25.1 Å². The average molecular weight is 391 g/mol. The highest BCUT2D eigenvalue weighted by molar-refractivity contribution is 7.89. The van der Waals surface area contributed by atoms with Gasteiger partial charge in [0.15, 0.2) is 0 Å². The van der Waals surface area contributed by atoms with Crippen molar-refractivity contribution in [1.82, 2.24) is 15.3 Å². The molecule has 0 aliphatic rings. The highest BCUT2D eigenvalue weighted by atomic mass is 32.2. The summed E-state index contributed by atoms with van der Waals surface area (Å²) in [6.45, 7) is 7.07. The highest BCUT2D eigenvalue weighted by Crippen LogP contribution is 2.10. The lowest BCUT2D eigenvalue weighted by molar-refractivity contribution is 0.0948. The fourth-order valence-electron chi connectivity index (χ4n) is 2.34. The Morgan fingerprint density at radius 2 is 1.85 bits per heavy atom. The van der Waals surface area contributed by atoms with E-state index in [0.29, 0.717) is 36.2 Å². The molecule has 9 heteroatoms. The number of hydrogen-bond acceptors (Lipinski definition) is 6. The minimum atomic E-state index is -3.70. The van der Waals surface area contributed by atoms with Crippen LogP contribution in [-0.2, 0) is 16.4 Å². The molecule has 1 heterocycles. The van der Waals surface area contributed by atoms with Gasteiger partial charge in [-0.15, -0.1) is 0 Å². The maximum absolute atomic E-state index is 12.3. The number of anilines is 1. The third-order valence-electron chi connectivity index (χ3n) is 3.71. The first-order chi connectivity index (χ1) is 12.6. The van der Waals surface area contributed by atoms with Gasteiger partial charge in [-0.1, -0.05) is 26.0 Å². The number of benzene rings is 1. The molecular formula is C18H25N5O3S. The summed E-state index contributed by atoms with van der Waals surface area (Å²) in [6.07, 6.45) is 0.555. The van der Waals surface area contributed by atoms with E-state index in [4.69, 9.17) is 5.14 Å². The van der Waals surface area contributed by atoms with Crippen molar-refractivity contribution in [1.29, 1.82) is 0 Å². The summed E-state index contributed by atoms with van der Waals surface area (Å²) in [5, 5.41) is 11.1. The van der Waals surface area contributed by atoms with Crippen molar-refractivity contribution in [2.24, 2.45) is 11.1 Å². The van der Waals surface area contributed by atoms with Gasteiger partial charge in [0.2, 0.25) is 10.0 Å². The van der Waals surface area contributed by atoms with Gasteiger partial charge in [-0.3, -0.25) is 4.79 Å². The molecule has 0 spiro atoms. The van der Waals surface area contributed by atoms with E-state index in [0.717, 1.165) is 12.1 Å². The molecule has 27 heavy (non-hydrogen) atoms. The number of carbonyl (C=O) groups excluding carboxylic acids is 1. The largest absolute Gasteiger partial charge is 0.370 e. The molecule has 0 aliphatic carbocycles. The Balaban J connectivity index is 1.93. The summed E-state index contributed by atoms with van der Waals surface area (Å²) in [4.78, 5) is 20.9. The lowest BCUT2D eigenvalue weighted by Gasteiger charge is -2.10. The van der Waals surface area contributed by atoms with Gasteiger partial charge in [0.25, 0.3) is 5.91 Å². The van der Waals surface area contributed by atoms with Gasteiger partial charge in [-0.05, 0) is 37.0 Å². The molecule has 0 atom stereocenters. The average Bonchev–Trinajstić information content (AvgIpc) is 2.59. The van der Waals surface area contributed by atoms with E-state index in [-0.39, 0.29) is 10.8 Å². The van der Waals surface area contributed by atoms with E-state index in [2.05, 4.69) is 34.4 Å². The highest BCUT2D eigenvalue weighted by Gasteiger charge is 2.11. The molecular weight excluding hydrogens is 366 g/mol. The fourth-order valence-corrected chi connectivity index (χ4v) is 2.86. The molecule has 0 saturated heterocycles. The number of rotatable bonds is 8. The SMILES string of the molecule is Cc1nc(NCC(C)C)cc(C(=O)NCCc2ccc(S(N)(=O)=O)cc2)n1. The normalized spacial score (nSPS) is 11.4. The number of nitrogens with zero attached hydrogens (tertiary/aromatic N) is 2. The van der Waals surface area contributed by atoms with Crippen LogP contribution < -0.4 is 15.8 Å². The molecule has 1 aromatic heterocycles. The van der Waals surface area contributed by atoms with Crippen LogP contribution in [0.2, 0.25) is 0 Å². The van der Waals surface area contributed by atoms with E-state index >= 15 is 0 Å². The molecule has 8 nitrogen and oxygen atoms in total. The number of sulfonamides is 1. The molecule has 0 unspecified atom stereocenters. The Morgan fingerprint density at radius 1 is 1.19 bits per heavy atom. The van der Waals surface area contributed by atoms with Gasteiger partial charge in [0.05, 0.1) is 4.90 Å². The molecule has 4 N–H and O–H groups in total. The number of nitrogens with one attached hydrogen (secondary N) is 2. The number of hydrogen-bond donors (Lipinski definition) is 3. The number of primary sulfonamides is 1. The first kappa shape index (κ1) is 20.8. The zero-order chi connectivity index (χ0) is 20.0. The van der Waals surface area contributed by atoms with Crippen molar-refractivity contribution >= 4 is 21.7 Å². The minimum Gasteiger partial charge on any atom is -0.370 e. The van der Waals surface area contributed by atoms with Crippen molar-refractivity contribution in [3.05, 3.63) is 47.4 Å². The Hall–Kier alpha value is -2.52. The van der Waals surface area contributed by atoms with Gasteiger partial charge in [0, 0.05) is 19.2 Å². The first-order valence-electron chi connectivity index (χ1n) is 8.64. The van der Waals surface area contributed by atoms with Crippen molar-refractivity contribution < 1.29 is 13.2 Å². The summed E-state index contributed by atoms with van der Waals surface area (Å²) in [6, 6.07) is 7.88.